The third-order valence-electron chi connectivity index (χ3n) is 5.46. The van der Waals surface area contributed by atoms with Crippen molar-refractivity contribution < 1.29 is 14.5 Å². The molecule has 4 heteroatoms. The molecule has 0 aliphatic carbocycles. The first-order valence-corrected chi connectivity index (χ1v) is 10.6. The average molecular weight is 412 g/mol. The minimum absolute atomic E-state index is 0.0230. The van der Waals surface area contributed by atoms with E-state index in [-0.39, 0.29) is 24.0 Å². The highest BCUT2D eigenvalue weighted by Crippen LogP contribution is 2.22. The van der Waals surface area contributed by atoms with Gasteiger partial charge in [0.05, 0.1) is 12.3 Å². The fourth-order valence-electron chi connectivity index (χ4n) is 3.80. The fourth-order valence-corrected chi connectivity index (χ4v) is 3.80. The lowest BCUT2D eigenvalue weighted by molar-refractivity contribution is -0.706. The predicted molar refractivity (Wildman–Crippen MR) is 121 cm³/mol. The van der Waals surface area contributed by atoms with E-state index in [2.05, 4.69) is 22.8 Å². The van der Waals surface area contributed by atoms with Gasteiger partial charge in [-0.3, -0.25) is 4.79 Å². The molecule has 0 bridgehead atoms. The van der Waals surface area contributed by atoms with Crippen molar-refractivity contribution in [2.45, 2.75) is 25.0 Å². The fraction of sp³-hybridized carbons (Fsp3) is 0.148. The number of quaternary nitrogens is 1. The molecule has 0 aliphatic heterocycles. The van der Waals surface area contributed by atoms with E-state index in [1.54, 1.807) is 6.26 Å². The summed E-state index contributed by atoms with van der Waals surface area (Å²) in [5.74, 6) is 0.804. The van der Waals surface area contributed by atoms with Gasteiger partial charge >= 0.3 is 0 Å². The zero-order valence-electron chi connectivity index (χ0n) is 17.5. The van der Waals surface area contributed by atoms with Crippen molar-refractivity contribution in [3.63, 3.8) is 0 Å². The summed E-state index contributed by atoms with van der Waals surface area (Å²) in [6.45, 7) is 1.93. The zero-order chi connectivity index (χ0) is 21.5. The quantitative estimate of drug-likeness (QED) is 0.456. The van der Waals surface area contributed by atoms with Crippen LogP contribution < -0.4 is 10.6 Å². The Hall–Kier alpha value is -3.63. The van der Waals surface area contributed by atoms with E-state index in [4.69, 9.17) is 4.42 Å². The molecule has 4 aromatic rings. The lowest BCUT2D eigenvalue weighted by Crippen LogP contribution is -2.92. The number of benzene rings is 3. The van der Waals surface area contributed by atoms with Crippen molar-refractivity contribution in [2.24, 2.45) is 0 Å². The third-order valence-corrected chi connectivity index (χ3v) is 5.46. The summed E-state index contributed by atoms with van der Waals surface area (Å²) < 4.78 is 5.69. The van der Waals surface area contributed by atoms with Crippen molar-refractivity contribution in [2.75, 3.05) is 0 Å². The van der Waals surface area contributed by atoms with Gasteiger partial charge in [0.1, 0.15) is 0 Å². The van der Waals surface area contributed by atoms with E-state index in [1.165, 1.54) is 0 Å². The van der Waals surface area contributed by atoms with E-state index >= 15 is 0 Å². The Morgan fingerprint density at radius 1 is 0.742 bits per heavy atom. The Bertz CT molecular complexity index is 1020. The minimum atomic E-state index is -0.315. The molecule has 0 saturated heterocycles. The lowest BCUT2D eigenvalue weighted by Gasteiger charge is -2.23. The summed E-state index contributed by atoms with van der Waals surface area (Å²) in [5, 5.41) is 5.30. The van der Waals surface area contributed by atoms with Crippen LogP contribution in [0.15, 0.2) is 114 Å². The number of nitrogens with one attached hydrogen (secondary N) is 1. The van der Waals surface area contributed by atoms with Crippen molar-refractivity contribution in [1.29, 1.82) is 0 Å². The molecule has 1 aromatic heterocycles. The summed E-state index contributed by atoms with van der Waals surface area (Å²) in [6, 6.07) is 33.5. The molecule has 4 rings (SSSR count). The number of amides is 1. The van der Waals surface area contributed by atoms with Gasteiger partial charge in [0.15, 0.2) is 17.8 Å². The Morgan fingerprint density at radius 2 is 1.26 bits per heavy atom. The largest absolute Gasteiger partial charge is 0.463 e. The van der Waals surface area contributed by atoms with Gasteiger partial charge in [-0.05, 0) is 30.2 Å². The number of carbonyl (C=O) groups excluding carboxylic acids is 1. The van der Waals surface area contributed by atoms with Crippen LogP contribution in [0.3, 0.4) is 0 Å². The molecule has 31 heavy (non-hydrogen) atoms. The molecule has 3 aromatic carbocycles. The van der Waals surface area contributed by atoms with Crippen LogP contribution in [0.25, 0.3) is 0 Å². The van der Waals surface area contributed by atoms with Crippen LogP contribution in [0.5, 0.6) is 0 Å². The second-order valence-corrected chi connectivity index (χ2v) is 7.65. The van der Waals surface area contributed by atoms with Gasteiger partial charge in [0.25, 0.3) is 5.91 Å². The molecule has 0 radical (unpaired) electrons. The van der Waals surface area contributed by atoms with Crippen molar-refractivity contribution in [3.8, 4) is 0 Å². The molecule has 0 spiro atoms. The second-order valence-electron chi connectivity index (χ2n) is 7.65. The van der Waals surface area contributed by atoms with Crippen molar-refractivity contribution in [1.82, 2.24) is 5.32 Å². The molecule has 1 heterocycles. The topological polar surface area (TPSA) is 58.9 Å². The molecule has 1 amide bonds. The Labute approximate surface area is 182 Å². The molecule has 0 fully saturated rings. The predicted octanol–water partition coefficient (Wildman–Crippen LogP) is 4.23. The maximum atomic E-state index is 13.3. The van der Waals surface area contributed by atoms with E-state index in [9.17, 15) is 4.79 Å². The van der Waals surface area contributed by atoms with E-state index in [1.807, 2.05) is 97.9 Å². The van der Waals surface area contributed by atoms with Crippen molar-refractivity contribution >= 4 is 5.91 Å². The van der Waals surface area contributed by atoms with Gasteiger partial charge < -0.3 is 15.1 Å². The number of nitrogens with two attached hydrogens (primary N) is 1. The first-order chi connectivity index (χ1) is 15.2. The Morgan fingerprint density at radius 3 is 1.74 bits per heavy atom. The second kappa shape index (κ2) is 9.92. The first-order valence-electron chi connectivity index (χ1n) is 10.6. The minimum Gasteiger partial charge on any atom is -0.463 e. The highest BCUT2D eigenvalue weighted by atomic mass is 16.3. The zero-order valence-corrected chi connectivity index (χ0v) is 17.5. The summed E-state index contributed by atoms with van der Waals surface area (Å²) >= 11 is 0. The van der Waals surface area contributed by atoms with E-state index in [0.717, 1.165) is 22.5 Å². The first kappa shape index (κ1) is 20.6. The van der Waals surface area contributed by atoms with Gasteiger partial charge in [-0.25, -0.2) is 0 Å². The molecule has 0 unspecified atom stereocenters. The molecular formula is C27H27N2O2+. The van der Waals surface area contributed by atoms with E-state index < -0.39 is 0 Å². The van der Waals surface area contributed by atoms with E-state index in [0.29, 0.717) is 0 Å². The summed E-state index contributed by atoms with van der Waals surface area (Å²) in [5.41, 5.74) is 3.21. The number of furan rings is 1. The van der Waals surface area contributed by atoms with Crippen LogP contribution in [0.2, 0.25) is 0 Å². The summed E-state index contributed by atoms with van der Waals surface area (Å²) in [7, 11) is 0. The molecule has 3 N–H and O–H groups in total. The number of carbonyl (C=O) groups is 1. The van der Waals surface area contributed by atoms with Crippen molar-refractivity contribution in [3.05, 3.63) is 132 Å². The molecule has 0 saturated carbocycles. The number of hydrogen-bond donors (Lipinski definition) is 2. The molecule has 2 atom stereocenters. The van der Waals surface area contributed by atoms with Gasteiger partial charge in [0, 0.05) is 5.56 Å². The monoisotopic (exact) mass is 411 g/mol. The molecule has 156 valence electrons. The Balaban J connectivity index is 1.54. The maximum absolute atomic E-state index is 13.3. The van der Waals surface area contributed by atoms with Gasteiger partial charge in [0.2, 0.25) is 0 Å². The highest BCUT2D eigenvalue weighted by molar-refractivity contribution is 5.80. The van der Waals surface area contributed by atoms with Crippen LogP contribution in [-0.4, -0.2) is 11.9 Å². The SMILES string of the molecule is C[C@@H]([NH2+][C@H](c1ccccc1)c1ccco1)C(=O)NC(c1ccccc1)c1ccccc1. The van der Waals surface area contributed by atoms with Crippen LogP contribution in [-0.2, 0) is 4.79 Å². The smallest absolute Gasteiger partial charge is 0.278 e. The highest BCUT2D eigenvalue weighted by Gasteiger charge is 2.28. The summed E-state index contributed by atoms with van der Waals surface area (Å²) in [6.07, 6.45) is 1.67. The maximum Gasteiger partial charge on any atom is 0.278 e. The van der Waals surface area contributed by atoms with Crippen LogP contribution in [0, 0.1) is 0 Å². The van der Waals surface area contributed by atoms with Gasteiger partial charge in [-0.15, -0.1) is 0 Å². The third kappa shape index (κ3) is 5.11. The lowest BCUT2D eigenvalue weighted by atomic mass is 9.98. The Kier molecular flexibility index (Phi) is 6.60. The summed E-state index contributed by atoms with van der Waals surface area (Å²) in [4.78, 5) is 13.3. The van der Waals surface area contributed by atoms with Gasteiger partial charge in [-0.1, -0.05) is 91.0 Å². The van der Waals surface area contributed by atoms with Crippen LogP contribution >= 0.6 is 0 Å². The average Bonchev–Trinajstić information content (AvgIpc) is 3.37. The van der Waals surface area contributed by atoms with Crippen LogP contribution in [0.4, 0.5) is 0 Å². The number of rotatable bonds is 8. The molecular weight excluding hydrogens is 384 g/mol. The van der Waals surface area contributed by atoms with Gasteiger partial charge in [-0.2, -0.15) is 0 Å². The molecule has 4 nitrogen and oxygen atoms in total. The molecule has 0 aliphatic rings. The normalized spacial score (nSPS) is 13.0. The van der Waals surface area contributed by atoms with Crippen LogP contribution in [0.1, 0.15) is 41.5 Å². The standard InChI is InChI=1S/C27H26N2O2/c1-20(28-26(24-18-11-19-31-24)23-16-9-4-10-17-23)27(30)29-25(21-12-5-2-6-13-21)22-14-7-3-8-15-22/h2-20,25-26,28H,1H3,(H,29,30)/p+1/t20-,26-/m1/s1. The number of hydrogen-bond acceptors (Lipinski definition) is 2.